The smallest absolute Gasteiger partial charge is 0.262 e. The highest BCUT2D eigenvalue weighted by molar-refractivity contribution is 7.99. The first kappa shape index (κ1) is 16.7. The van der Waals surface area contributed by atoms with E-state index in [9.17, 15) is 4.79 Å². The molecule has 3 aromatic rings. The van der Waals surface area contributed by atoms with Crippen molar-refractivity contribution in [2.24, 2.45) is 0 Å². The summed E-state index contributed by atoms with van der Waals surface area (Å²) < 4.78 is 6.88. The standard InChI is InChI=1S/C19H20N2O2S/c1-14(15-8-4-3-5-9-15)24-19-20-17-11-7-6-10-16(17)18(22)21(19)12-13-23-2/h3-11,14H,12-13H2,1-2H3/t14-/m0/s1. The normalized spacial score (nSPS) is 12.4. The molecule has 0 amide bonds. The summed E-state index contributed by atoms with van der Waals surface area (Å²) in [6, 6.07) is 17.7. The highest BCUT2D eigenvalue weighted by atomic mass is 32.2. The summed E-state index contributed by atoms with van der Waals surface area (Å²) in [6.45, 7) is 3.10. The zero-order valence-electron chi connectivity index (χ0n) is 13.8. The molecule has 0 spiro atoms. The molecule has 4 nitrogen and oxygen atoms in total. The first-order valence-corrected chi connectivity index (χ1v) is 8.79. The highest BCUT2D eigenvalue weighted by Gasteiger charge is 2.15. The Morgan fingerprint density at radius 3 is 2.58 bits per heavy atom. The van der Waals surface area contributed by atoms with Crippen molar-refractivity contribution in [2.75, 3.05) is 13.7 Å². The van der Waals surface area contributed by atoms with Gasteiger partial charge in [-0.15, -0.1) is 0 Å². The van der Waals surface area contributed by atoms with Gasteiger partial charge in [0, 0.05) is 12.4 Å². The lowest BCUT2D eigenvalue weighted by Crippen LogP contribution is -2.25. The fourth-order valence-electron chi connectivity index (χ4n) is 2.57. The van der Waals surface area contributed by atoms with Gasteiger partial charge in [0.1, 0.15) is 0 Å². The molecule has 0 aliphatic carbocycles. The third-order valence-corrected chi connectivity index (χ3v) is 5.05. The molecule has 0 bridgehead atoms. The molecule has 0 unspecified atom stereocenters. The van der Waals surface area contributed by atoms with Gasteiger partial charge < -0.3 is 4.74 Å². The minimum atomic E-state index is -0.0135. The quantitative estimate of drug-likeness (QED) is 0.504. The van der Waals surface area contributed by atoms with E-state index in [1.54, 1.807) is 23.4 Å². The molecule has 5 heteroatoms. The SMILES string of the molecule is COCCn1c(S[C@@H](C)c2ccccc2)nc2ccccc2c1=O. The molecular formula is C19H20N2O2S. The molecule has 124 valence electrons. The van der Waals surface area contributed by atoms with Crippen LogP contribution >= 0.6 is 11.8 Å². The van der Waals surface area contributed by atoms with E-state index in [2.05, 4.69) is 19.1 Å². The Morgan fingerprint density at radius 1 is 1.12 bits per heavy atom. The summed E-state index contributed by atoms with van der Waals surface area (Å²) in [5, 5.41) is 1.57. The van der Waals surface area contributed by atoms with Crippen LogP contribution in [0.2, 0.25) is 0 Å². The average molecular weight is 340 g/mol. The molecular weight excluding hydrogens is 320 g/mol. The molecule has 1 heterocycles. The number of para-hydroxylation sites is 1. The number of benzene rings is 2. The zero-order valence-corrected chi connectivity index (χ0v) is 14.6. The van der Waals surface area contributed by atoms with Gasteiger partial charge in [-0.3, -0.25) is 9.36 Å². The number of aromatic nitrogens is 2. The van der Waals surface area contributed by atoms with E-state index in [1.165, 1.54) is 5.56 Å². The first-order chi connectivity index (χ1) is 11.7. The molecule has 0 aliphatic rings. The molecule has 0 saturated carbocycles. The zero-order chi connectivity index (χ0) is 16.9. The second kappa shape index (κ2) is 7.64. The molecule has 2 aromatic carbocycles. The van der Waals surface area contributed by atoms with Crippen LogP contribution in [0.3, 0.4) is 0 Å². The van der Waals surface area contributed by atoms with Crippen LogP contribution in [0.25, 0.3) is 10.9 Å². The van der Waals surface area contributed by atoms with Crippen LogP contribution in [0.5, 0.6) is 0 Å². The predicted octanol–water partition coefficient (Wildman–Crippen LogP) is 3.90. The molecule has 24 heavy (non-hydrogen) atoms. The molecule has 0 fully saturated rings. The van der Waals surface area contributed by atoms with Gasteiger partial charge in [0.2, 0.25) is 0 Å². The van der Waals surface area contributed by atoms with Gasteiger partial charge in [-0.2, -0.15) is 0 Å². The predicted molar refractivity (Wildman–Crippen MR) is 98.6 cm³/mol. The highest BCUT2D eigenvalue weighted by Crippen LogP contribution is 2.33. The Hall–Kier alpha value is -2.11. The van der Waals surface area contributed by atoms with Crippen LogP contribution in [0, 0.1) is 0 Å². The van der Waals surface area contributed by atoms with Crippen molar-refractivity contribution in [1.29, 1.82) is 0 Å². The number of fused-ring (bicyclic) bond motifs is 1. The Morgan fingerprint density at radius 2 is 1.83 bits per heavy atom. The maximum Gasteiger partial charge on any atom is 0.262 e. The average Bonchev–Trinajstić information content (AvgIpc) is 2.62. The summed E-state index contributed by atoms with van der Waals surface area (Å²) in [5.41, 5.74) is 1.93. The van der Waals surface area contributed by atoms with Crippen LogP contribution in [-0.4, -0.2) is 23.3 Å². The lowest BCUT2D eigenvalue weighted by Gasteiger charge is -2.16. The topological polar surface area (TPSA) is 44.1 Å². The van der Waals surface area contributed by atoms with Gasteiger partial charge in [-0.1, -0.05) is 54.2 Å². The summed E-state index contributed by atoms with van der Waals surface area (Å²) in [6.07, 6.45) is 0. The Bertz CT molecular complexity index is 877. The van der Waals surface area contributed by atoms with Crippen molar-refractivity contribution < 1.29 is 4.74 Å². The van der Waals surface area contributed by atoms with Crippen molar-refractivity contribution in [2.45, 2.75) is 23.9 Å². The van der Waals surface area contributed by atoms with Crippen molar-refractivity contribution in [3.05, 3.63) is 70.5 Å². The molecule has 1 aromatic heterocycles. The largest absolute Gasteiger partial charge is 0.383 e. The number of ether oxygens (including phenoxy) is 1. The van der Waals surface area contributed by atoms with Crippen molar-refractivity contribution >= 4 is 22.7 Å². The Kier molecular flexibility index (Phi) is 5.33. The summed E-state index contributed by atoms with van der Waals surface area (Å²) in [4.78, 5) is 17.6. The van der Waals surface area contributed by atoms with Crippen LogP contribution < -0.4 is 5.56 Å². The van der Waals surface area contributed by atoms with Gasteiger partial charge >= 0.3 is 0 Å². The molecule has 0 saturated heterocycles. The van der Waals surface area contributed by atoms with Crippen molar-refractivity contribution in [3.63, 3.8) is 0 Å². The molecule has 0 radical (unpaired) electrons. The number of nitrogens with zero attached hydrogens (tertiary/aromatic N) is 2. The van der Waals surface area contributed by atoms with Gasteiger partial charge in [0.15, 0.2) is 5.16 Å². The minimum Gasteiger partial charge on any atom is -0.383 e. The number of rotatable bonds is 6. The van der Waals surface area contributed by atoms with E-state index in [0.29, 0.717) is 18.5 Å². The first-order valence-electron chi connectivity index (χ1n) is 7.91. The summed E-state index contributed by atoms with van der Waals surface area (Å²) in [5.74, 6) is 0. The number of hydrogen-bond acceptors (Lipinski definition) is 4. The second-order valence-corrected chi connectivity index (χ2v) is 6.84. The fraction of sp³-hybridized carbons (Fsp3) is 0.263. The van der Waals surface area contributed by atoms with Gasteiger partial charge in [0.05, 0.1) is 24.1 Å². The Balaban J connectivity index is 2.03. The van der Waals surface area contributed by atoms with E-state index in [0.717, 1.165) is 10.7 Å². The maximum atomic E-state index is 12.8. The Labute approximate surface area is 145 Å². The van der Waals surface area contributed by atoms with E-state index in [4.69, 9.17) is 9.72 Å². The van der Waals surface area contributed by atoms with Crippen LogP contribution in [0.4, 0.5) is 0 Å². The van der Waals surface area contributed by atoms with Crippen LogP contribution in [0.1, 0.15) is 17.7 Å². The van der Waals surface area contributed by atoms with Gasteiger partial charge in [-0.25, -0.2) is 4.98 Å². The third-order valence-electron chi connectivity index (χ3n) is 3.90. The fourth-order valence-corrected chi connectivity index (χ4v) is 3.63. The molecule has 0 aliphatic heterocycles. The lowest BCUT2D eigenvalue weighted by molar-refractivity contribution is 0.183. The lowest BCUT2D eigenvalue weighted by atomic mass is 10.2. The maximum absolute atomic E-state index is 12.8. The minimum absolute atomic E-state index is 0.0135. The number of hydrogen-bond donors (Lipinski definition) is 0. The van der Waals surface area contributed by atoms with E-state index < -0.39 is 0 Å². The van der Waals surface area contributed by atoms with Crippen molar-refractivity contribution in [1.82, 2.24) is 9.55 Å². The van der Waals surface area contributed by atoms with Crippen LogP contribution in [-0.2, 0) is 11.3 Å². The molecule has 1 atom stereocenters. The van der Waals surface area contributed by atoms with Gasteiger partial charge in [-0.05, 0) is 24.6 Å². The monoisotopic (exact) mass is 340 g/mol. The second-order valence-electron chi connectivity index (χ2n) is 5.53. The van der Waals surface area contributed by atoms with E-state index in [1.807, 2.05) is 42.5 Å². The van der Waals surface area contributed by atoms with E-state index >= 15 is 0 Å². The van der Waals surface area contributed by atoms with Crippen molar-refractivity contribution in [3.8, 4) is 0 Å². The van der Waals surface area contributed by atoms with Gasteiger partial charge in [0.25, 0.3) is 5.56 Å². The molecule has 3 rings (SSSR count). The number of methoxy groups -OCH3 is 1. The van der Waals surface area contributed by atoms with Crippen LogP contribution in [0.15, 0.2) is 64.5 Å². The number of thioether (sulfide) groups is 1. The molecule has 0 N–H and O–H groups in total. The third kappa shape index (κ3) is 3.52. The van der Waals surface area contributed by atoms with E-state index in [-0.39, 0.29) is 10.8 Å². The summed E-state index contributed by atoms with van der Waals surface area (Å²) >= 11 is 1.60. The summed E-state index contributed by atoms with van der Waals surface area (Å²) in [7, 11) is 1.64.